The fraction of sp³-hybridized carbons (Fsp3) is 0.182. The van der Waals surface area contributed by atoms with Gasteiger partial charge in [-0.3, -0.25) is 4.79 Å². The second kappa shape index (κ2) is 8.95. The Labute approximate surface area is 186 Å². The molecule has 1 amide bonds. The van der Waals surface area contributed by atoms with Crippen LogP contribution in [0.4, 0.5) is 11.5 Å². The molecule has 0 unspecified atom stereocenters. The number of hydrogen-bond acceptors (Lipinski definition) is 6. The lowest BCUT2D eigenvalue weighted by Crippen LogP contribution is -2.14. The first-order valence-corrected chi connectivity index (χ1v) is 11.6. The van der Waals surface area contributed by atoms with Crippen LogP contribution in [0.15, 0.2) is 59.6 Å². The van der Waals surface area contributed by atoms with Gasteiger partial charge in [0.15, 0.2) is 21.4 Å². The maximum absolute atomic E-state index is 12.6. The fourth-order valence-corrected chi connectivity index (χ4v) is 3.74. The molecule has 3 aromatic rings. The zero-order valence-corrected chi connectivity index (χ0v) is 18.8. The van der Waals surface area contributed by atoms with Crippen molar-refractivity contribution in [2.45, 2.75) is 24.8 Å². The number of sulfone groups is 1. The van der Waals surface area contributed by atoms with Crippen molar-refractivity contribution in [3.63, 3.8) is 0 Å². The van der Waals surface area contributed by atoms with Gasteiger partial charge in [0.1, 0.15) is 6.10 Å². The maximum Gasteiger partial charge on any atom is 0.255 e. The molecule has 1 aromatic heterocycles. The number of halogens is 1. The lowest BCUT2D eigenvalue weighted by Gasteiger charge is -2.18. The van der Waals surface area contributed by atoms with Gasteiger partial charge in [-0.1, -0.05) is 29.8 Å². The van der Waals surface area contributed by atoms with Crippen molar-refractivity contribution >= 4 is 38.9 Å². The van der Waals surface area contributed by atoms with Gasteiger partial charge in [0.25, 0.3) is 5.91 Å². The molecule has 2 aromatic carbocycles. The minimum Gasteiger partial charge on any atom is -0.482 e. The minimum atomic E-state index is -3.40. The second-order valence-corrected chi connectivity index (χ2v) is 9.58. The minimum absolute atomic E-state index is 0.0907. The standard InChI is InChI=1S/C22H22ClN3O4S/c1-13-9-15(14(2)30-20-11-17(23)12-25-21(20)24)7-8-19(13)26-22(27)16-5-4-6-18(10-16)31(3,28)29/h4-12,14H,1-3H3,(H2,24,25)(H,26,27)/t14-/m1/s1. The Bertz CT molecular complexity index is 1250. The first-order valence-electron chi connectivity index (χ1n) is 9.34. The molecule has 0 aliphatic heterocycles. The Kier molecular flexibility index (Phi) is 6.52. The van der Waals surface area contributed by atoms with E-state index >= 15 is 0 Å². The van der Waals surface area contributed by atoms with Crippen molar-refractivity contribution in [3.8, 4) is 5.75 Å². The van der Waals surface area contributed by atoms with Crippen LogP contribution in [0.1, 0.15) is 34.5 Å². The Balaban J connectivity index is 1.76. The highest BCUT2D eigenvalue weighted by Crippen LogP contribution is 2.29. The molecule has 0 bridgehead atoms. The molecule has 0 saturated carbocycles. The van der Waals surface area contributed by atoms with Crippen molar-refractivity contribution in [1.82, 2.24) is 4.98 Å². The fourth-order valence-electron chi connectivity index (χ4n) is 2.93. The van der Waals surface area contributed by atoms with E-state index in [1.165, 1.54) is 24.4 Å². The normalized spacial score (nSPS) is 12.3. The molecule has 0 radical (unpaired) electrons. The number of carbonyl (C=O) groups is 1. The first kappa shape index (κ1) is 22.6. The third-order valence-electron chi connectivity index (χ3n) is 4.64. The Morgan fingerprint density at radius 2 is 1.94 bits per heavy atom. The topological polar surface area (TPSA) is 111 Å². The van der Waals surface area contributed by atoms with Crippen LogP contribution in [-0.4, -0.2) is 25.6 Å². The lowest BCUT2D eigenvalue weighted by atomic mass is 10.1. The smallest absolute Gasteiger partial charge is 0.255 e. The zero-order chi connectivity index (χ0) is 22.8. The molecule has 3 N–H and O–H groups in total. The van der Waals surface area contributed by atoms with Crippen LogP contribution in [-0.2, 0) is 9.84 Å². The van der Waals surface area contributed by atoms with Gasteiger partial charge in [-0.05, 0) is 49.2 Å². The van der Waals surface area contributed by atoms with Gasteiger partial charge < -0.3 is 15.8 Å². The number of anilines is 2. The van der Waals surface area contributed by atoms with Crippen molar-refractivity contribution in [1.29, 1.82) is 0 Å². The number of nitrogen functional groups attached to an aromatic ring is 1. The number of nitrogens with one attached hydrogen (secondary N) is 1. The zero-order valence-electron chi connectivity index (χ0n) is 17.2. The predicted molar refractivity (Wildman–Crippen MR) is 121 cm³/mol. The van der Waals surface area contributed by atoms with Crippen molar-refractivity contribution in [2.24, 2.45) is 0 Å². The Morgan fingerprint density at radius 3 is 2.61 bits per heavy atom. The lowest BCUT2D eigenvalue weighted by molar-refractivity contribution is 0.102. The summed E-state index contributed by atoms with van der Waals surface area (Å²) in [6, 6.07) is 13.0. The van der Waals surface area contributed by atoms with Gasteiger partial charge in [-0.25, -0.2) is 13.4 Å². The summed E-state index contributed by atoms with van der Waals surface area (Å²) in [4.78, 5) is 16.7. The number of hydrogen-bond donors (Lipinski definition) is 2. The molecule has 0 aliphatic rings. The van der Waals surface area contributed by atoms with Gasteiger partial charge in [-0.2, -0.15) is 0 Å². The molecule has 0 spiro atoms. The van der Waals surface area contributed by atoms with Gasteiger partial charge >= 0.3 is 0 Å². The van der Waals surface area contributed by atoms with E-state index in [0.29, 0.717) is 16.5 Å². The predicted octanol–water partition coefficient (Wildman–Crippen LogP) is 4.42. The second-order valence-electron chi connectivity index (χ2n) is 7.13. The molecule has 1 heterocycles. The van der Waals surface area contributed by atoms with Crippen molar-refractivity contribution in [2.75, 3.05) is 17.3 Å². The number of aryl methyl sites for hydroxylation is 1. The Hall–Kier alpha value is -3.10. The highest BCUT2D eigenvalue weighted by Gasteiger charge is 2.15. The summed E-state index contributed by atoms with van der Waals surface area (Å²) in [5, 5.41) is 3.24. The monoisotopic (exact) mass is 459 g/mol. The summed E-state index contributed by atoms with van der Waals surface area (Å²) < 4.78 is 29.3. The summed E-state index contributed by atoms with van der Waals surface area (Å²) in [7, 11) is -3.40. The van der Waals surface area contributed by atoms with E-state index in [9.17, 15) is 13.2 Å². The highest BCUT2D eigenvalue weighted by molar-refractivity contribution is 7.90. The molecule has 9 heteroatoms. The third-order valence-corrected chi connectivity index (χ3v) is 5.96. The van der Waals surface area contributed by atoms with Crippen LogP contribution in [0, 0.1) is 6.92 Å². The van der Waals surface area contributed by atoms with Crippen LogP contribution in [0.3, 0.4) is 0 Å². The van der Waals surface area contributed by atoms with E-state index < -0.39 is 15.7 Å². The largest absolute Gasteiger partial charge is 0.482 e. The average molecular weight is 460 g/mol. The van der Waals surface area contributed by atoms with Crippen LogP contribution >= 0.6 is 11.6 Å². The van der Waals surface area contributed by atoms with Crippen molar-refractivity contribution < 1.29 is 17.9 Å². The molecular weight excluding hydrogens is 438 g/mol. The van der Waals surface area contributed by atoms with E-state index in [1.54, 1.807) is 18.2 Å². The van der Waals surface area contributed by atoms with E-state index in [4.69, 9.17) is 22.1 Å². The van der Waals surface area contributed by atoms with Crippen LogP contribution in [0.5, 0.6) is 5.75 Å². The van der Waals surface area contributed by atoms with Crippen LogP contribution < -0.4 is 15.8 Å². The summed E-state index contributed by atoms with van der Waals surface area (Å²) in [6.45, 7) is 3.72. The molecule has 0 fully saturated rings. The van der Waals surface area contributed by atoms with Gasteiger partial charge in [-0.15, -0.1) is 0 Å². The number of pyridine rings is 1. The van der Waals surface area contributed by atoms with E-state index in [-0.39, 0.29) is 22.4 Å². The molecular formula is C22H22ClN3O4S. The van der Waals surface area contributed by atoms with Gasteiger partial charge in [0.05, 0.1) is 9.92 Å². The SMILES string of the molecule is Cc1cc([C@@H](C)Oc2cc(Cl)cnc2N)ccc1NC(=O)c1cccc(S(C)(=O)=O)c1. The van der Waals surface area contributed by atoms with E-state index in [2.05, 4.69) is 10.3 Å². The summed E-state index contributed by atoms with van der Waals surface area (Å²) in [6.07, 6.45) is 2.21. The molecule has 162 valence electrons. The number of nitrogens with two attached hydrogens (primary N) is 1. The number of amides is 1. The van der Waals surface area contributed by atoms with E-state index in [1.807, 2.05) is 26.0 Å². The molecule has 0 aliphatic carbocycles. The summed E-state index contributed by atoms with van der Waals surface area (Å²) >= 11 is 5.95. The van der Waals surface area contributed by atoms with Crippen molar-refractivity contribution in [3.05, 3.63) is 76.4 Å². The molecule has 0 saturated heterocycles. The molecule has 7 nitrogen and oxygen atoms in total. The van der Waals surface area contributed by atoms with Crippen LogP contribution in [0.2, 0.25) is 5.02 Å². The number of rotatable bonds is 6. The average Bonchev–Trinajstić information content (AvgIpc) is 2.71. The number of nitrogens with zero attached hydrogens (tertiary/aromatic N) is 1. The third kappa shape index (κ3) is 5.53. The highest BCUT2D eigenvalue weighted by atomic mass is 35.5. The Morgan fingerprint density at radius 1 is 1.19 bits per heavy atom. The first-order chi connectivity index (χ1) is 14.5. The molecule has 3 rings (SSSR count). The van der Waals surface area contributed by atoms with E-state index in [0.717, 1.165) is 17.4 Å². The number of aromatic nitrogens is 1. The maximum atomic E-state index is 12.6. The van der Waals surface area contributed by atoms with Gasteiger partial charge in [0.2, 0.25) is 0 Å². The number of carbonyl (C=O) groups excluding carboxylic acids is 1. The molecule has 31 heavy (non-hydrogen) atoms. The van der Waals surface area contributed by atoms with Crippen LogP contribution in [0.25, 0.3) is 0 Å². The summed E-state index contributed by atoms with van der Waals surface area (Å²) in [5.41, 5.74) is 8.39. The number of benzene rings is 2. The van der Waals surface area contributed by atoms with Gasteiger partial charge in [0, 0.05) is 29.8 Å². The summed E-state index contributed by atoms with van der Waals surface area (Å²) in [5.74, 6) is 0.234. The molecule has 1 atom stereocenters. The quantitative estimate of drug-likeness (QED) is 0.564. The number of ether oxygens (including phenoxy) is 1.